The van der Waals surface area contributed by atoms with Crippen molar-refractivity contribution in [1.82, 2.24) is 0 Å². The van der Waals surface area contributed by atoms with Crippen molar-refractivity contribution in [3.05, 3.63) is 29.8 Å². The summed E-state index contributed by atoms with van der Waals surface area (Å²) in [6.45, 7) is 4.66. The molecule has 104 valence electrons. The van der Waals surface area contributed by atoms with Gasteiger partial charge in [-0.05, 0) is 42.7 Å². The predicted molar refractivity (Wildman–Crippen MR) is 78.9 cm³/mol. The minimum atomic E-state index is -0.278. The lowest BCUT2D eigenvalue weighted by Crippen LogP contribution is -2.30. The minimum absolute atomic E-state index is 0.278. The molecule has 1 aliphatic carbocycles. The van der Waals surface area contributed by atoms with E-state index >= 15 is 0 Å². The van der Waals surface area contributed by atoms with Crippen molar-refractivity contribution in [2.75, 3.05) is 5.32 Å². The van der Waals surface area contributed by atoms with Gasteiger partial charge in [-0.1, -0.05) is 32.0 Å². The van der Waals surface area contributed by atoms with Gasteiger partial charge >= 0.3 is 0 Å². The Hall–Kier alpha value is -1.51. The number of para-hydroxylation sites is 1. The van der Waals surface area contributed by atoms with Crippen molar-refractivity contribution in [1.29, 1.82) is 0 Å². The second-order valence-corrected chi connectivity index (χ2v) is 5.91. The van der Waals surface area contributed by atoms with Crippen LogP contribution in [0.2, 0.25) is 0 Å². The van der Waals surface area contributed by atoms with Gasteiger partial charge in [0, 0.05) is 11.7 Å². The fraction of sp³-hybridized carbons (Fsp3) is 0.562. The average molecular weight is 260 g/mol. The summed E-state index contributed by atoms with van der Waals surface area (Å²) in [6, 6.07) is 8.49. The molecule has 1 aromatic carbocycles. The van der Waals surface area contributed by atoms with Crippen LogP contribution < -0.4 is 11.1 Å². The number of hydrogen-bond donors (Lipinski definition) is 2. The molecule has 3 N–H and O–H groups in total. The smallest absolute Gasteiger partial charge is 0.221 e. The molecular formula is C16H24N2O. The first-order valence-corrected chi connectivity index (χ1v) is 7.19. The molecule has 1 fully saturated rings. The van der Waals surface area contributed by atoms with E-state index in [0.29, 0.717) is 12.5 Å². The quantitative estimate of drug-likeness (QED) is 0.874. The van der Waals surface area contributed by atoms with Gasteiger partial charge < -0.3 is 11.1 Å². The summed E-state index contributed by atoms with van der Waals surface area (Å²) in [5.74, 6) is 1.30. The molecule has 1 amide bonds. The highest BCUT2D eigenvalue weighted by molar-refractivity contribution is 5.78. The number of nitrogens with one attached hydrogen (secondary N) is 1. The van der Waals surface area contributed by atoms with Crippen molar-refractivity contribution < 1.29 is 4.79 Å². The lowest BCUT2D eigenvalue weighted by Gasteiger charge is -2.33. The van der Waals surface area contributed by atoms with Gasteiger partial charge in [0.1, 0.15) is 0 Å². The van der Waals surface area contributed by atoms with Gasteiger partial charge in [0.2, 0.25) is 5.91 Å². The normalized spacial score (nSPS) is 26.9. The molecule has 0 heterocycles. The summed E-state index contributed by atoms with van der Waals surface area (Å²) >= 11 is 0. The maximum atomic E-state index is 11.1. The number of anilines is 1. The summed E-state index contributed by atoms with van der Waals surface area (Å²) < 4.78 is 0. The Bertz CT molecular complexity index is 444. The standard InChI is InChI=1S/C16H24N2O/c1-11-7-8-14(9-12(11)2)18-15-6-4-3-5-13(15)10-16(17)19/h3-6,11-12,14,18H,7-10H2,1-2H3,(H2,17,19). The summed E-state index contributed by atoms with van der Waals surface area (Å²) in [4.78, 5) is 11.1. The zero-order valence-corrected chi connectivity index (χ0v) is 11.9. The molecule has 0 aliphatic heterocycles. The lowest BCUT2D eigenvalue weighted by molar-refractivity contribution is -0.117. The number of primary amides is 1. The van der Waals surface area contributed by atoms with Crippen LogP contribution in [-0.2, 0) is 11.2 Å². The highest BCUT2D eigenvalue weighted by atomic mass is 16.1. The number of carbonyl (C=O) groups excluding carboxylic acids is 1. The average Bonchev–Trinajstić information content (AvgIpc) is 2.36. The zero-order chi connectivity index (χ0) is 13.8. The number of benzene rings is 1. The van der Waals surface area contributed by atoms with Crippen molar-refractivity contribution in [3.63, 3.8) is 0 Å². The van der Waals surface area contributed by atoms with Gasteiger partial charge in [-0.15, -0.1) is 0 Å². The van der Waals surface area contributed by atoms with E-state index in [1.807, 2.05) is 24.3 Å². The molecule has 3 atom stereocenters. The summed E-state index contributed by atoms with van der Waals surface area (Å²) in [5.41, 5.74) is 7.36. The van der Waals surface area contributed by atoms with E-state index < -0.39 is 0 Å². The largest absolute Gasteiger partial charge is 0.382 e. The molecule has 0 bridgehead atoms. The van der Waals surface area contributed by atoms with E-state index in [0.717, 1.165) is 23.1 Å². The summed E-state index contributed by atoms with van der Waals surface area (Å²) in [7, 11) is 0. The molecule has 1 saturated carbocycles. The van der Waals surface area contributed by atoms with Crippen LogP contribution in [0.15, 0.2) is 24.3 Å². The predicted octanol–water partition coefficient (Wildman–Crippen LogP) is 2.95. The van der Waals surface area contributed by atoms with Gasteiger partial charge in [-0.25, -0.2) is 0 Å². The van der Waals surface area contributed by atoms with Crippen LogP contribution in [0.3, 0.4) is 0 Å². The molecule has 3 heteroatoms. The minimum Gasteiger partial charge on any atom is -0.382 e. The highest BCUT2D eigenvalue weighted by Gasteiger charge is 2.24. The molecule has 0 radical (unpaired) electrons. The molecule has 0 aromatic heterocycles. The van der Waals surface area contributed by atoms with Crippen molar-refractivity contribution >= 4 is 11.6 Å². The van der Waals surface area contributed by atoms with Crippen molar-refractivity contribution in [2.45, 2.75) is 45.6 Å². The molecule has 3 unspecified atom stereocenters. The molecule has 0 spiro atoms. The Labute approximate surface area is 115 Å². The maximum absolute atomic E-state index is 11.1. The number of nitrogens with two attached hydrogens (primary N) is 1. The van der Waals surface area contributed by atoms with Crippen LogP contribution in [0.5, 0.6) is 0 Å². The van der Waals surface area contributed by atoms with Crippen LogP contribution in [0.25, 0.3) is 0 Å². The monoisotopic (exact) mass is 260 g/mol. The molecule has 3 nitrogen and oxygen atoms in total. The number of carbonyl (C=O) groups is 1. The maximum Gasteiger partial charge on any atom is 0.221 e. The highest BCUT2D eigenvalue weighted by Crippen LogP contribution is 2.31. The second-order valence-electron chi connectivity index (χ2n) is 5.91. The van der Waals surface area contributed by atoms with Crippen LogP contribution in [-0.4, -0.2) is 11.9 Å². The Morgan fingerprint density at radius 3 is 2.68 bits per heavy atom. The van der Waals surface area contributed by atoms with E-state index in [1.54, 1.807) is 0 Å². The fourth-order valence-corrected chi connectivity index (χ4v) is 2.90. The zero-order valence-electron chi connectivity index (χ0n) is 11.9. The molecule has 2 rings (SSSR count). The number of hydrogen-bond acceptors (Lipinski definition) is 2. The summed E-state index contributed by atoms with van der Waals surface area (Å²) in [5, 5.41) is 3.60. The topological polar surface area (TPSA) is 55.1 Å². The molecule has 19 heavy (non-hydrogen) atoms. The van der Waals surface area contributed by atoms with Gasteiger partial charge in [0.05, 0.1) is 6.42 Å². The SMILES string of the molecule is CC1CCC(Nc2ccccc2CC(N)=O)CC1C. The molecular weight excluding hydrogens is 236 g/mol. The van der Waals surface area contributed by atoms with E-state index in [1.165, 1.54) is 19.3 Å². The third-order valence-corrected chi connectivity index (χ3v) is 4.34. The molecule has 1 aromatic rings. The second kappa shape index (κ2) is 6.09. The van der Waals surface area contributed by atoms with Crippen molar-refractivity contribution in [3.8, 4) is 0 Å². The fourth-order valence-electron chi connectivity index (χ4n) is 2.90. The first-order valence-electron chi connectivity index (χ1n) is 7.19. The van der Waals surface area contributed by atoms with Crippen LogP contribution in [0.4, 0.5) is 5.69 Å². The van der Waals surface area contributed by atoms with Crippen molar-refractivity contribution in [2.24, 2.45) is 17.6 Å². The summed E-state index contributed by atoms with van der Waals surface area (Å²) in [6.07, 6.45) is 3.99. The van der Waals surface area contributed by atoms with Gasteiger partial charge in [0.25, 0.3) is 0 Å². The van der Waals surface area contributed by atoms with Crippen LogP contribution >= 0.6 is 0 Å². The lowest BCUT2D eigenvalue weighted by atomic mass is 9.79. The number of rotatable bonds is 4. The van der Waals surface area contributed by atoms with E-state index in [9.17, 15) is 4.79 Å². The Morgan fingerprint density at radius 1 is 1.26 bits per heavy atom. The Balaban J connectivity index is 2.04. The first kappa shape index (κ1) is 13.9. The van der Waals surface area contributed by atoms with Crippen LogP contribution in [0.1, 0.15) is 38.7 Å². The van der Waals surface area contributed by atoms with E-state index in [4.69, 9.17) is 5.73 Å². The van der Waals surface area contributed by atoms with Gasteiger partial charge in [0.15, 0.2) is 0 Å². The Morgan fingerprint density at radius 2 is 2.00 bits per heavy atom. The third-order valence-electron chi connectivity index (χ3n) is 4.34. The third kappa shape index (κ3) is 3.72. The molecule has 1 aliphatic rings. The van der Waals surface area contributed by atoms with Gasteiger partial charge in [-0.2, -0.15) is 0 Å². The van der Waals surface area contributed by atoms with Crippen LogP contribution in [0, 0.1) is 11.8 Å². The Kier molecular flexibility index (Phi) is 4.46. The van der Waals surface area contributed by atoms with E-state index in [-0.39, 0.29) is 5.91 Å². The number of amides is 1. The first-order chi connectivity index (χ1) is 9.06. The van der Waals surface area contributed by atoms with E-state index in [2.05, 4.69) is 19.2 Å². The van der Waals surface area contributed by atoms with Gasteiger partial charge in [-0.3, -0.25) is 4.79 Å². The molecule has 0 saturated heterocycles.